The van der Waals surface area contributed by atoms with Gasteiger partial charge in [0.25, 0.3) is 0 Å². The van der Waals surface area contributed by atoms with Crippen molar-refractivity contribution < 1.29 is 14.1 Å². The van der Waals surface area contributed by atoms with E-state index in [1.165, 1.54) is 6.39 Å². The molecule has 0 N–H and O–H groups in total. The van der Waals surface area contributed by atoms with Crippen LogP contribution in [0.3, 0.4) is 0 Å². The van der Waals surface area contributed by atoms with E-state index in [-0.39, 0.29) is 11.9 Å². The number of piperidine rings is 1. The number of benzene rings is 2. The summed E-state index contributed by atoms with van der Waals surface area (Å²) in [6, 6.07) is 11.9. The summed E-state index contributed by atoms with van der Waals surface area (Å²) in [5.74, 6) is 1.48. The summed E-state index contributed by atoms with van der Waals surface area (Å²) in [6.07, 6.45) is 4.61. The van der Waals surface area contributed by atoms with Gasteiger partial charge in [-0.3, -0.25) is 4.79 Å². The van der Waals surface area contributed by atoms with Crippen LogP contribution in [0.25, 0.3) is 10.8 Å². The highest BCUT2D eigenvalue weighted by Crippen LogP contribution is 2.30. The summed E-state index contributed by atoms with van der Waals surface area (Å²) in [6.45, 7) is 0.728. The smallest absolute Gasteiger partial charge is 0.227 e. The van der Waals surface area contributed by atoms with Gasteiger partial charge in [-0.05, 0) is 47.7 Å². The van der Waals surface area contributed by atoms with Gasteiger partial charge in [0.2, 0.25) is 12.3 Å². The Hall–Kier alpha value is -2.89. The maximum atomic E-state index is 13.1. The monoisotopic (exact) mass is 351 g/mol. The van der Waals surface area contributed by atoms with Gasteiger partial charge in [-0.2, -0.15) is 4.98 Å². The molecule has 1 unspecified atom stereocenters. The van der Waals surface area contributed by atoms with Crippen molar-refractivity contribution in [1.82, 2.24) is 15.0 Å². The lowest BCUT2D eigenvalue weighted by Crippen LogP contribution is -2.39. The van der Waals surface area contributed by atoms with Crippen LogP contribution in [0.5, 0.6) is 5.75 Å². The summed E-state index contributed by atoms with van der Waals surface area (Å²) < 4.78 is 10.2. The van der Waals surface area contributed by atoms with Crippen LogP contribution in [0.2, 0.25) is 0 Å². The summed E-state index contributed by atoms with van der Waals surface area (Å²) in [5.41, 5.74) is 1.00. The number of methoxy groups -OCH3 is 1. The molecule has 6 nitrogen and oxygen atoms in total. The summed E-state index contributed by atoms with van der Waals surface area (Å²) >= 11 is 0. The molecule has 4 rings (SSSR count). The fourth-order valence-corrected chi connectivity index (χ4v) is 3.69. The van der Waals surface area contributed by atoms with Crippen molar-refractivity contribution in [2.24, 2.45) is 0 Å². The first-order valence-corrected chi connectivity index (χ1v) is 8.87. The van der Waals surface area contributed by atoms with Crippen molar-refractivity contribution in [1.29, 1.82) is 0 Å². The van der Waals surface area contributed by atoms with Gasteiger partial charge in [0.15, 0.2) is 5.82 Å². The van der Waals surface area contributed by atoms with E-state index >= 15 is 0 Å². The lowest BCUT2D eigenvalue weighted by Gasteiger charge is -2.34. The Balaban J connectivity index is 1.62. The number of aromatic nitrogens is 2. The molecule has 1 amide bonds. The standard InChI is InChI=1S/C20H21N3O3/c1-25-16-9-8-14-5-4-6-15(17(14)12-16)11-19(24)23-10-3-2-7-18(23)20-21-13-26-22-20/h4-6,8-9,12-13,18H,2-3,7,10-11H2,1H3. The van der Waals surface area contributed by atoms with Gasteiger partial charge in [-0.1, -0.05) is 29.4 Å². The Bertz CT molecular complexity index is 908. The molecule has 3 aromatic rings. The Morgan fingerprint density at radius 3 is 3.04 bits per heavy atom. The Morgan fingerprint density at radius 1 is 1.31 bits per heavy atom. The third-order valence-electron chi connectivity index (χ3n) is 5.02. The molecular weight excluding hydrogens is 330 g/mol. The number of carbonyl (C=O) groups excluding carboxylic acids is 1. The fourth-order valence-electron chi connectivity index (χ4n) is 3.69. The Labute approximate surface area is 151 Å². The second-order valence-electron chi connectivity index (χ2n) is 6.57. The first-order valence-electron chi connectivity index (χ1n) is 8.87. The van der Waals surface area contributed by atoms with Gasteiger partial charge in [-0.15, -0.1) is 0 Å². The zero-order chi connectivity index (χ0) is 17.9. The highest BCUT2D eigenvalue weighted by Gasteiger charge is 2.30. The Kier molecular flexibility index (Phi) is 4.56. The molecule has 0 radical (unpaired) electrons. The predicted molar refractivity (Wildman–Crippen MR) is 96.8 cm³/mol. The number of nitrogens with zero attached hydrogens (tertiary/aromatic N) is 3. The van der Waals surface area contributed by atoms with Crippen molar-refractivity contribution in [2.45, 2.75) is 31.7 Å². The van der Waals surface area contributed by atoms with Crippen molar-refractivity contribution in [3.05, 3.63) is 54.2 Å². The van der Waals surface area contributed by atoms with Gasteiger partial charge in [0, 0.05) is 6.54 Å². The van der Waals surface area contributed by atoms with Crippen LogP contribution < -0.4 is 4.74 Å². The minimum atomic E-state index is -0.0977. The van der Waals surface area contributed by atoms with Crippen molar-refractivity contribution >= 4 is 16.7 Å². The lowest BCUT2D eigenvalue weighted by molar-refractivity contribution is -0.134. The van der Waals surface area contributed by atoms with Crippen molar-refractivity contribution in [3.63, 3.8) is 0 Å². The molecule has 1 fully saturated rings. The summed E-state index contributed by atoms with van der Waals surface area (Å²) in [4.78, 5) is 19.1. The number of amides is 1. The maximum absolute atomic E-state index is 13.1. The first kappa shape index (κ1) is 16.6. The number of carbonyl (C=O) groups is 1. The molecule has 6 heteroatoms. The largest absolute Gasteiger partial charge is 0.497 e. The number of hydrogen-bond acceptors (Lipinski definition) is 5. The average molecular weight is 351 g/mol. The van der Waals surface area contributed by atoms with E-state index in [9.17, 15) is 4.79 Å². The third kappa shape index (κ3) is 3.14. The molecule has 0 aliphatic carbocycles. The first-order chi connectivity index (χ1) is 12.8. The number of likely N-dealkylation sites (tertiary alicyclic amines) is 1. The van der Waals surface area contributed by atoms with E-state index in [0.717, 1.165) is 47.9 Å². The topological polar surface area (TPSA) is 68.5 Å². The van der Waals surface area contributed by atoms with Gasteiger partial charge < -0.3 is 14.2 Å². The molecule has 1 aliphatic rings. The van der Waals surface area contributed by atoms with E-state index in [1.54, 1.807) is 7.11 Å². The van der Waals surface area contributed by atoms with Gasteiger partial charge in [0.05, 0.1) is 19.6 Å². The average Bonchev–Trinajstić information content (AvgIpc) is 3.22. The molecule has 0 spiro atoms. The second kappa shape index (κ2) is 7.15. The van der Waals surface area contributed by atoms with Crippen molar-refractivity contribution in [3.8, 4) is 5.75 Å². The molecule has 0 bridgehead atoms. The van der Waals surface area contributed by atoms with E-state index in [1.807, 2.05) is 41.3 Å². The molecule has 2 heterocycles. The molecule has 1 aliphatic heterocycles. The highest BCUT2D eigenvalue weighted by molar-refractivity contribution is 5.91. The Morgan fingerprint density at radius 2 is 2.23 bits per heavy atom. The molecule has 26 heavy (non-hydrogen) atoms. The normalized spacial score (nSPS) is 17.4. The SMILES string of the molecule is COc1ccc2cccc(CC(=O)N3CCCCC3c3ncon3)c2c1. The molecule has 134 valence electrons. The molecule has 2 aromatic carbocycles. The third-order valence-corrected chi connectivity index (χ3v) is 5.02. The molecule has 1 atom stereocenters. The zero-order valence-electron chi connectivity index (χ0n) is 14.7. The van der Waals surface area contributed by atoms with Crippen LogP contribution in [0.1, 0.15) is 36.7 Å². The summed E-state index contributed by atoms with van der Waals surface area (Å²) in [5, 5.41) is 6.11. The predicted octanol–water partition coefficient (Wildman–Crippen LogP) is 3.53. The van der Waals surface area contributed by atoms with Crippen LogP contribution in [0.15, 0.2) is 47.3 Å². The van der Waals surface area contributed by atoms with Crippen molar-refractivity contribution in [2.75, 3.05) is 13.7 Å². The van der Waals surface area contributed by atoms with Gasteiger partial charge in [-0.25, -0.2) is 0 Å². The summed E-state index contributed by atoms with van der Waals surface area (Å²) in [7, 11) is 1.65. The second-order valence-corrected chi connectivity index (χ2v) is 6.57. The minimum absolute atomic E-state index is 0.0924. The van der Waals surface area contributed by atoms with Crippen LogP contribution in [-0.2, 0) is 11.2 Å². The van der Waals surface area contributed by atoms with Crippen LogP contribution >= 0.6 is 0 Å². The van der Waals surface area contributed by atoms with E-state index in [2.05, 4.69) is 10.1 Å². The van der Waals surface area contributed by atoms with E-state index in [4.69, 9.17) is 9.26 Å². The molecule has 1 aromatic heterocycles. The number of rotatable bonds is 4. The number of hydrogen-bond donors (Lipinski definition) is 0. The van der Waals surface area contributed by atoms with Crippen LogP contribution in [-0.4, -0.2) is 34.6 Å². The molecule has 1 saturated heterocycles. The van der Waals surface area contributed by atoms with Gasteiger partial charge >= 0.3 is 0 Å². The quantitative estimate of drug-likeness (QED) is 0.719. The highest BCUT2D eigenvalue weighted by atomic mass is 16.5. The molecular formula is C20H21N3O3. The zero-order valence-corrected chi connectivity index (χ0v) is 14.7. The lowest BCUT2D eigenvalue weighted by atomic mass is 9.98. The van der Waals surface area contributed by atoms with Gasteiger partial charge in [0.1, 0.15) is 5.75 Å². The van der Waals surface area contributed by atoms with E-state index in [0.29, 0.717) is 12.2 Å². The maximum Gasteiger partial charge on any atom is 0.227 e. The number of fused-ring (bicyclic) bond motifs is 1. The molecule has 0 saturated carbocycles. The minimum Gasteiger partial charge on any atom is -0.497 e. The van der Waals surface area contributed by atoms with Crippen LogP contribution in [0.4, 0.5) is 0 Å². The number of ether oxygens (including phenoxy) is 1. The fraction of sp³-hybridized carbons (Fsp3) is 0.350. The van der Waals surface area contributed by atoms with Crippen LogP contribution in [0, 0.1) is 0 Å². The van der Waals surface area contributed by atoms with E-state index < -0.39 is 0 Å².